The van der Waals surface area contributed by atoms with Crippen LogP contribution in [0.3, 0.4) is 0 Å². The van der Waals surface area contributed by atoms with Gasteiger partial charge in [-0.15, -0.1) is 0 Å². The normalized spacial score (nSPS) is 25.6. The molecule has 55 heavy (non-hydrogen) atoms. The Kier molecular flexibility index (Phi) is 9.49. The first-order valence-corrected chi connectivity index (χ1v) is 19.3. The van der Waals surface area contributed by atoms with Gasteiger partial charge in [0.15, 0.2) is 0 Å². The molecular formula is C41H34Cl2IN3O8. The number of rotatable bonds is 8. The summed E-state index contributed by atoms with van der Waals surface area (Å²) in [5.74, 6) is -5.24. The van der Waals surface area contributed by atoms with Crippen molar-refractivity contribution in [1.29, 1.82) is 0 Å². The number of halogens is 3. The van der Waals surface area contributed by atoms with Crippen LogP contribution in [0.5, 0.6) is 23.0 Å². The first kappa shape index (κ1) is 37.1. The van der Waals surface area contributed by atoms with E-state index < -0.39 is 46.8 Å². The lowest BCUT2D eigenvalue weighted by Gasteiger charge is -2.51. The van der Waals surface area contributed by atoms with Gasteiger partial charge in [-0.1, -0.05) is 47.0 Å². The number of methoxy groups -OCH3 is 3. The second kappa shape index (κ2) is 14.1. The largest absolute Gasteiger partial charge is 0.508 e. The van der Waals surface area contributed by atoms with E-state index in [1.54, 1.807) is 48.5 Å². The molecule has 3 fully saturated rings. The third-order valence-electron chi connectivity index (χ3n) is 11.5. The smallest absolute Gasteiger partial charge is 0.260 e. The number of nitrogens with zero attached hydrogens (tertiary/aromatic N) is 2. The fourth-order valence-electron chi connectivity index (χ4n) is 9.21. The number of aromatic hydroxyl groups is 1. The Hall–Kier alpha value is -4.79. The van der Waals surface area contributed by atoms with E-state index in [4.69, 9.17) is 37.4 Å². The molecule has 2 heterocycles. The Bertz CT molecular complexity index is 2280. The van der Waals surface area contributed by atoms with Gasteiger partial charge in [-0.25, -0.2) is 0 Å². The lowest BCUT2D eigenvalue weighted by atomic mass is 9.49. The van der Waals surface area contributed by atoms with E-state index in [0.29, 0.717) is 33.2 Å². The van der Waals surface area contributed by atoms with Crippen molar-refractivity contribution in [3.63, 3.8) is 0 Å². The van der Waals surface area contributed by atoms with Crippen LogP contribution in [0.15, 0.2) is 90.5 Å². The number of hydrogen-bond donors (Lipinski definition) is 2. The SMILES string of the molecule is COc1ccc(C23C(=O)N(Nc4ccc(Cl)cc4Cl)C(=O)C2CC2C(=CCC4C(=O)N(c5ccc(I)cc5)C(=O)C42)C3c2c(OC)cc(O)cc2OC)cc1. The van der Waals surface area contributed by atoms with Crippen LogP contribution in [0.1, 0.15) is 29.9 Å². The van der Waals surface area contributed by atoms with Crippen molar-refractivity contribution in [1.82, 2.24) is 5.01 Å². The minimum absolute atomic E-state index is 0.0644. The van der Waals surface area contributed by atoms with E-state index in [-0.39, 0.29) is 52.6 Å². The second-order valence-electron chi connectivity index (χ2n) is 14.0. The van der Waals surface area contributed by atoms with Crippen molar-refractivity contribution >= 4 is 80.8 Å². The number of amides is 4. The fourth-order valence-corrected chi connectivity index (χ4v) is 10.0. The fraction of sp³-hybridized carbons (Fsp3) is 0.268. The zero-order valence-electron chi connectivity index (χ0n) is 29.7. The van der Waals surface area contributed by atoms with Crippen LogP contribution in [0.2, 0.25) is 10.0 Å². The molecule has 2 aliphatic carbocycles. The van der Waals surface area contributed by atoms with Crippen LogP contribution in [-0.2, 0) is 24.6 Å². The maximum absolute atomic E-state index is 15.6. The minimum atomic E-state index is -1.66. The quantitative estimate of drug-likeness (QED) is 0.105. The summed E-state index contributed by atoms with van der Waals surface area (Å²) in [6.45, 7) is 0. The van der Waals surface area contributed by atoms with Gasteiger partial charge in [0.25, 0.3) is 11.8 Å². The van der Waals surface area contributed by atoms with Crippen LogP contribution in [-0.4, -0.2) is 55.1 Å². The molecule has 6 unspecified atom stereocenters. The number of ether oxygens (including phenoxy) is 3. The predicted octanol–water partition coefficient (Wildman–Crippen LogP) is 7.52. The number of allylic oxidation sites excluding steroid dienone is 2. The summed E-state index contributed by atoms with van der Waals surface area (Å²) in [5.41, 5.74) is 3.66. The summed E-state index contributed by atoms with van der Waals surface area (Å²) in [4.78, 5) is 60.7. The van der Waals surface area contributed by atoms with E-state index in [0.717, 1.165) is 8.58 Å². The molecule has 0 radical (unpaired) electrons. The highest BCUT2D eigenvalue weighted by atomic mass is 127. The molecule has 4 aromatic carbocycles. The van der Waals surface area contributed by atoms with Gasteiger partial charge in [0.2, 0.25) is 11.8 Å². The Balaban J connectivity index is 1.38. The molecule has 0 aromatic heterocycles. The number of nitrogens with one attached hydrogen (secondary N) is 1. The molecule has 0 spiro atoms. The van der Waals surface area contributed by atoms with E-state index in [1.807, 2.05) is 18.2 Å². The van der Waals surface area contributed by atoms with Crippen molar-refractivity contribution < 1.29 is 38.5 Å². The second-order valence-corrected chi connectivity index (χ2v) is 16.1. The van der Waals surface area contributed by atoms with Crippen LogP contribution >= 0.6 is 45.8 Å². The van der Waals surface area contributed by atoms with Gasteiger partial charge in [-0.2, -0.15) is 5.01 Å². The van der Waals surface area contributed by atoms with Crippen molar-refractivity contribution in [2.75, 3.05) is 31.7 Å². The molecule has 0 bridgehead atoms. The molecule has 4 aliphatic rings. The molecule has 4 amide bonds. The highest BCUT2D eigenvalue weighted by Gasteiger charge is 2.71. The lowest BCUT2D eigenvalue weighted by molar-refractivity contribution is -0.138. The van der Waals surface area contributed by atoms with Crippen molar-refractivity contribution in [2.24, 2.45) is 23.7 Å². The number of benzene rings is 4. The Morgan fingerprint density at radius 2 is 1.49 bits per heavy atom. The molecule has 11 nitrogen and oxygen atoms in total. The first-order valence-electron chi connectivity index (χ1n) is 17.5. The summed E-state index contributed by atoms with van der Waals surface area (Å²) in [6.07, 6.45) is 2.22. The number of carbonyl (C=O) groups excluding carboxylic acids is 4. The molecule has 4 aromatic rings. The van der Waals surface area contributed by atoms with E-state index in [9.17, 15) is 14.7 Å². The van der Waals surface area contributed by atoms with E-state index in [2.05, 4.69) is 28.0 Å². The zero-order valence-corrected chi connectivity index (χ0v) is 33.4. The number of fused-ring (bicyclic) bond motifs is 4. The number of carbonyl (C=O) groups is 4. The molecule has 8 rings (SSSR count). The van der Waals surface area contributed by atoms with Gasteiger partial charge >= 0.3 is 0 Å². The van der Waals surface area contributed by atoms with Crippen LogP contribution in [0.25, 0.3) is 0 Å². The van der Waals surface area contributed by atoms with Crippen molar-refractivity contribution in [2.45, 2.75) is 24.2 Å². The molecule has 2 N–H and O–H groups in total. The average molecular weight is 895 g/mol. The average Bonchev–Trinajstić information content (AvgIpc) is 3.56. The van der Waals surface area contributed by atoms with Gasteiger partial charge in [-0.3, -0.25) is 29.5 Å². The highest BCUT2D eigenvalue weighted by Crippen LogP contribution is 2.66. The van der Waals surface area contributed by atoms with Crippen LogP contribution in [0, 0.1) is 27.2 Å². The molecule has 6 atom stereocenters. The number of anilines is 2. The van der Waals surface area contributed by atoms with Gasteiger partial charge in [-0.05, 0) is 102 Å². The van der Waals surface area contributed by atoms with Gasteiger partial charge in [0, 0.05) is 32.2 Å². The molecular weight excluding hydrogens is 860 g/mol. The Morgan fingerprint density at radius 3 is 2.11 bits per heavy atom. The summed E-state index contributed by atoms with van der Waals surface area (Å²) in [5, 5.41) is 12.3. The van der Waals surface area contributed by atoms with Crippen LogP contribution < -0.4 is 24.5 Å². The summed E-state index contributed by atoms with van der Waals surface area (Å²) in [7, 11) is 4.42. The number of hydrogen-bond acceptors (Lipinski definition) is 9. The van der Waals surface area contributed by atoms with Gasteiger partial charge < -0.3 is 19.3 Å². The molecule has 2 aliphatic heterocycles. The maximum Gasteiger partial charge on any atom is 0.260 e. The molecule has 2 saturated heterocycles. The third kappa shape index (κ3) is 5.66. The van der Waals surface area contributed by atoms with Crippen molar-refractivity contribution in [3.8, 4) is 23.0 Å². The highest BCUT2D eigenvalue weighted by molar-refractivity contribution is 14.1. The van der Waals surface area contributed by atoms with E-state index >= 15 is 9.59 Å². The number of phenols is 1. The van der Waals surface area contributed by atoms with Crippen molar-refractivity contribution in [3.05, 3.63) is 115 Å². The first-order chi connectivity index (χ1) is 26.4. The summed E-state index contributed by atoms with van der Waals surface area (Å²) < 4.78 is 18.3. The standard InChI is InChI=1S/C41H34Cl2IN3O8/c1-53-25-11-4-20(5-12-25)41-29(38(50)47(40(41)52)45-31-15-6-21(42)16-30(31)43)19-28-26(36(41)35-32(54-2)17-24(48)18-33(35)55-3)13-14-27-34(28)39(51)46(37(27)49)23-9-7-22(44)8-10-23/h4-13,15-18,27-29,34,36,45,48H,14,19H2,1-3H3. The topological polar surface area (TPSA) is 135 Å². The van der Waals surface area contributed by atoms with E-state index in [1.165, 1.54) is 44.4 Å². The molecule has 1 saturated carbocycles. The number of imide groups is 2. The molecule has 14 heteroatoms. The monoisotopic (exact) mass is 893 g/mol. The third-order valence-corrected chi connectivity index (χ3v) is 12.7. The number of hydrazine groups is 1. The Morgan fingerprint density at radius 1 is 0.818 bits per heavy atom. The van der Waals surface area contributed by atoms with Gasteiger partial charge in [0.05, 0.1) is 60.9 Å². The minimum Gasteiger partial charge on any atom is -0.508 e. The maximum atomic E-state index is 15.6. The predicted molar refractivity (Wildman–Crippen MR) is 213 cm³/mol. The zero-order chi connectivity index (χ0) is 38.9. The summed E-state index contributed by atoms with van der Waals surface area (Å²) in [6, 6.07) is 21.7. The van der Waals surface area contributed by atoms with Gasteiger partial charge in [0.1, 0.15) is 23.0 Å². The Labute approximate surface area is 340 Å². The summed E-state index contributed by atoms with van der Waals surface area (Å²) >= 11 is 14.9. The number of phenolic OH excluding ortho intramolecular Hbond substituents is 1. The van der Waals surface area contributed by atoms with Crippen LogP contribution in [0.4, 0.5) is 11.4 Å². The lowest BCUT2D eigenvalue weighted by Crippen LogP contribution is -2.53. The molecule has 282 valence electrons.